The largest absolute Gasteiger partial charge is 0.481 e. The summed E-state index contributed by atoms with van der Waals surface area (Å²) < 4.78 is 0. The van der Waals surface area contributed by atoms with Gasteiger partial charge in [0, 0.05) is 0 Å². The molecule has 0 amide bonds. The van der Waals surface area contributed by atoms with Gasteiger partial charge in [0.25, 0.3) is 0 Å². The highest BCUT2D eigenvalue weighted by atomic mass is 16.4. The first kappa shape index (κ1) is 23.5. The van der Waals surface area contributed by atoms with E-state index in [0.29, 0.717) is 6.42 Å². The summed E-state index contributed by atoms with van der Waals surface area (Å²) >= 11 is 0. The van der Waals surface area contributed by atoms with E-state index >= 15 is 0 Å². The predicted molar refractivity (Wildman–Crippen MR) is 113 cm³/mol. The van der Waals surface area contributed by atoms with Crippen molar-refractivity contribution in [2.45, 2.75) is 136 Å². The van der Waals surface area contributed by atoms with Crippen LogP contribution < -0.4 is 0 Å². The summed E-state index contributed by atoms with van der Waals surface area (Å²) in [7, 11) is 0. The van der Waals surface area contributed by atoms with Crippen LogP contribution in [-0.4, -0.2) is 11.1 Å². The zero-order chi connectivity index (χ0) is 19.1. The quantitative estimate of drug-likeness (QED) is 0.280. The Hall–Kier alpha value is -0.530. The van der Waals surface area contributed by atoms with Crippen LogP contribution in [0.15, 0.2) is 0 Å². The molecule has 0 atom stereocenters. The molecule has 1 N–H and O–H groups in total. The van der Waals surface area contributed by atoms with Crippen molar-refractivity contribution in [3.8, 4) is 0 Å². The Bertz CT molecular complexity index is 342. The highest BCUT2D eigenvalue weighted by molar-refractivity contribution is 5.67. The van der Waals surface area contributed by atoms with Crippen molar-refractivity contribution in [2.24, 2.45) is 11.3 Å². The molecule has 0 aromatic carbocycles. The molecule has 0 aromatic heterocycles. The molecule has 0 aromatic rings. The Morgan fingerprint density at radius 1 is 0.808 bits per heavy atom. The summed E-state index contributed by atoms with van der Waals surface area (Å²) in [6.45, 7) is 4.53. The van der Waals surface area contributed by atoms with Crippen LogP contribution in [0, 0.1) is 11.3 Å². The maximum Gasteiger partial charge on any atom is 0.303 e. The van der Waals surface area contributed by atoms with E-state index in [-0.39, 0.29) is 5.41 Å². The molecule has 0 bridgehead atoms. The number of carbonyl (C=O) groups is 1. The van der Waals surface area contributed by atoms with E-state index in [1.807, 2.05) is 0 Å². The van der Waals surface area contributed by atoms with E-state index in [0.717, 1.165) is 25.2 Å². The highest BCUT2D eigenvalue weighted by Gasteiger charge is 2.36. The molecule has 0 heterocycles. The van der Waals surface area contributed by atoms with E-state index in [1.54, 1.807) is 0 Å². The van der Waals surface area contributed by atoms with Gasteiger partial charge in [0.15, 0.2) is 0 Å². The standard InChI is InChI=1S/C24H46O2/c1-3-5-7-9-11-13-15-22-16-19-24(20-17-22,21-23(25)26)18-14-12-10-8-6-4-2/h22H,3-21H2,1-2H3,(H,25,26). The number of hydrogen-bond donors (Lipinski definition) is 1. The molecule has 0 saturated heterocycles. The molecule has 1 fully saturated rings. The smallest absolute Gasteiger partial charge is 0.303 e. The van der Waals surface area contributed by atoms with Crippen molar-refractivity contribution in [1.29, 1.82) is 0 Å². The summed E-state index contributed by atoms with van der Waals surface area (Å²) in [5.41, 5.74) is 0.119. The van der Waals surface area contributed by atoms with Gasteiger partial charge in [0.2, 0.25) is 0 Å². The van der Waals surface area contributed by atoms with Gasteiger partial charge in [0.05, 0.1) is 6.42 Å². The predicted octanol–water partition coefficient (Wildman–Crippen LogP) is 8.14. The van der Waals surface area contributed by atoms with Crippen molar-refractivity contribution in [2.75, 3.05) is 0 Å². The molecule has 0 aliphatic heterocycles. The molecule has 1 aliphatic carbocycles. The Labute approximate surface area is 163 Å². The lowest BCUT2D eigenvalue weighted by molar-refractivity contribution is -0.140. The van der Waals surface area contributed by atoms with E-state index in [9.17, 15) is 9.90 Å². The maximum atomic E-state index is 11.4. The average Bonchev–Trinajstić information content (AvgIpc) is 2.62. The number of rotatable bonds is 16. The minimum atomic E-state index is -0.578. The topological polar surface area (TPSA) is 37.3 Å². The second-order valence-corrected chi connectivity index (χ2v) is 9.09. The monoisotopic (exact) mass is 366 g/mol. The number of aliphatic carboxylic acids is 1. The van der Waals surface area contributed by atoms with Crippen molar-refractivity contribution in [3.05, 3.63) is 0 Å². The van der Waals surface area contributed by atoms with Gasteiger partial charge in [-0.3, -0.25) is 4.79 Å². The Morgan fingerprint density at radius 2 is 1.31 bits per heavy atom. The molecule has 0 radical (unpaired) electrons. The van der Waals surface area contributed by atoms with E-state index in [1.165, 1.54) is 96.3 Å². The Morgan fingerprint density at radius 3 is 1.85 bits per heavy atom. The minimum absolute atomic E-state index is 0.119. The second-order valence-electron chi connectivity index (χ2n) is 9.09. The third kappa shape index (κ3) is 10.6. The van der Waals surface area contributed by atoms with Gasteiger partial charge in [0.1, 0.15) is 0 Å². The first-order chi connectivity index (χ1) is 12.6. The van der Waals surface area contributed by atoms with E-state index in [4.69, 9.17) is 0 Å². The van der Waals surface area contributed by atoms with E-state index < -0.39 is 5.97 Å². The minimum Gasteiger partial charge on any atom is -0.481 e. The molecule has 1 saturated carbocycles. The van der Waals surface area contributed by atoms with Crippen LogP contribution in [-0.2, 0) is 4.79 Å². The van der Waals surface area contributed by atoms with Gasteiger partial charge in [-0.25, -0.2) is 0 Å². The van der Waals surface area contributed by atoms with Gasteiger partial charge in [-0.15, -0.1) is 0 Å². The fourth-order valence-corrected chi connectivity index (χ4v) is 4.91. The molecule has 154 valence electrons. The van der Waals surface area contributed by atoms with Gasteiger partial charge >= 0.3 is 5.97 Å². The van der Waals surface area contributed by atoms with Gasteiger partial charge in [-0.2, -0.15) is 0 Å². The van der Waals surface area contributed by atoms with Crippen LogP contribution in [0.25, 0.3) is 0 Å². The Kier molecular flexibility index (Phi) is 13.1. The summed E-state index contributed by atoms with van der Waals surface area (Å²) in [5.74, 6) is 0.290. The Balaban J connectivity index is 2.25. The lowest BCUT2D eigenvalue weighted by Crippen LogP contribution is -2.30. The normalized spacial score (nSPS) is 23.2. The molecule has 1 aliphatic rings. The first-order valence-electron chi connectivity index (χ1n) is 11.8. The van der Waals surface area contributed by atoms with Gasteiger partial charge in [-0.1, -0.05) is 97.3 Å². The molecule has 26 heavy (non-hydrogen) atoms. The lowest BCUT2D eigenvalue weighted by atomic mass is 9.65. The summed E-state index contributed by atoms with van der Waals surface area (Å²) in [4.78, 5) is 11.4. The molecule has 2 heteroatoms. The van der Waals surface area contributed by atoms with Crippen molar-refractivity contribution >= 4 is 5.97 Å². The SMILES string of the molecule is CCCCCCCCC1CCC(CCCCCCCC)(CC(=O)O)CC1. The zero-order valence-corrected chi connectivity index (χ0v) is 17.9. The van der Waals surface area contributed by atoms with Crippen LogP contribution in [0.4, 0.5) is 0 Å². The van der Waals surface area contributed by atoms with Crippen LogP contribution >= 0.6 is 0 Å². The molecule has 0 spiro atoms. The summed E-state index contributed by atoms with van der Waals surface area (Å²) in [6, 6.07) is 0. The fourth-order valence-electron chi connectivity index (χ4n) is 4.91. The van der Waals surface area contributed by atoms with Crippen molar-refractivity contribution in [1.82, 2.24) is 0 Å². The lowest BCUT2D eigenvalue weighted by Gasteiger charge is -2.39. The zero-order valence-electron chi connectivity index (χ0n) is 17.9. The molecular formula is C24H46O2. The fraction of sp³-hybridized carbons (Fsp3) is 0.958. The van der Waals surface area contributed by atoms with E-state index in [2.05, 4.69) is 13.8 Å². The highest BCUT2D eigenvalue weighted by Crippen LogP contribution is 2.46. The molecule has 0 unspecified atom stereocenters. The maximum absolute atomic E-state index is 11.4. The second kappa shape index (κ2) is 14.5. The van der Waals surface area contributed by atoms with Gasteiger partial charge in [-0.05, 0) is 43.4 Å². The number of carboxylic acids is 1. The van der Waals surface area contributed by atoms with Crippen LogP contribution in [0.3, 0.4) is 0 Å². The average molecular weight is 367 g/mol. The molecule has 1 rings (SSSR count). The van der Waals surface area contributed by atoms with Crippen LogP contribution in [0.1, 0.15) is 136 Å². The van der Waals surface area contributed by atoms with Gasteiger partial charge < -0.3 is 5.11 Å². The third-order valence-corrected chi connectivity index (χ3v) is 6.72. The van der Waals surface area contributed by atoms with Crippen LogP contribution in [0.2, 0.25) is 0 Å². The number of unbranched alkanes of at least 4 members (excludes halogenated alkanes) is 10. The third-order valence-electron chi connectivity index (χ3n) is 6.72. The molecule has 2 nitrogen and oxygen atoms in total. The number of carboxylic acid groups (broad SMARTS) is 1. The van der Waals surface area contributed by atoms with Crippen molar-refractivity contribution in [3.63, 3.8) is 0 Å². The molecular weight excluding hydrogens is 320 g/mol. The number of hydrogen-bond acceptors (Lipinski definition) is 1. The summed E-state index contributed by atoms with van der Waals surface area (Å²) in [5, 5.41) is 9.41. The van der Waals surface area contributed by atoms with Crippen molar-refractivity contribution < 1.29 is 9.90 Å². The van der Waals surface area contributed by atoms with Crippen LogP contribution in [0.5, 0.6) is 0 Å². The first-order valence-corrected chi connectivity index (χ1v) is 11.8. The summed E-state index contributed by atoms with van der Waals surface area (Å²) in [6.07, 6.45) is 24.0.